The average Bonchev–Trinajstić information content (AvgIpc) is 3.31. The Morgan fingerprint density at radius 3 is 2.61 bits per heavy atom. The number of rotatable bonds is 8. The Hall–Kier alpha value is -2.25. The van der Waals surface area contributed by atoms with Crippen molar-refractivity contribution in [3.63, 3.8) is 0 Å². The highest BCUT2D eigenvalue weighted by atomic mass is 35.5. The van der Waals surface area contributed by atoms with Gasteiger partial charge >= 0.3 is 0 Å². The minimum absolute atomic E-state index is 0.571. The van der Waals surface area contributed by atoms with Gasteiger partial charge in [-0.15, -0.1) is 0 Å². The standard InChI is InChI=1S/C23H30ClN7/c1-31-21(10-15-2-3-15)19(13-28-31)23-20(24)14-26-22(29-23)11-16-4-6-17(7-5-16)25-12-18-8-9-27-30-18/h8-9,13-17,25H,2-7,10-12H2,1H3,(H,27,30). The molecule has 164 valence electrons. The summed E-state index contributed by atoms with van der Waals surface area (Å²) in [5, 5.41) is 15.8. The van der Waals surface area contributed by atoms with Crippen molar-refractivity contribution in [2.45, 2.75) is 64.0 Å². The predicted octanol–water partition coefficient (Wildman–Crippen LogP) is 4.10. The Labute approximate surface area is 188 Å². The van der Waals surface area contributed by atoms with Crippen LogP contribution in [0, 0.1) is 11.8 Å². The van der Waals surface area contributed by atoms with Crippen molar-refractivity contribution >= 4 is 11.6 Å². The molecular formula is C23H30ClN7. The molecule has 0 unspecified atom stereocenters. The normalized spacial score (nSPS) is 21.5. The molecular weight excluding hydrogens is 410 g/mol. The molecule has 2 aliphatic carbocycles. The monoisotopic (exact) mass is 439 g/mol. The molecule has 8 heteroatoms. The van der Waals surface area contributed by atoms with E-state index >= 15 is 0 Å². The summed E-state index contributed by atoms with van der Waals surface area (Å²) in [5.74, 6) is 2.31. The fraction of sp³-hybridized carbons (Fsp3) is 0.565. The van der Waals surface area contributed by atoms with E-state index in [0.29, 0.717) is 17.0 Å². The Morgan fingerprint density at radius 1 is 1.10 bits per heavy atom. The number of halogens is 1. The van der Waals surface area contributed by atoms with Crippen molar-refractivity contribution in [1.82, 2.24) is 35.3 Å². The van der Waals surface area contributed by atoms with Gasteiger partial charge in [0.25, 0.3) is 0 Å². The van der Waals surface area contributed by atoms with Crippen molar-refractivity contribution in [2.75, 3.05) is 0 Å². The molecule has 7 nitrogen and oxygen atoms in total. The second kappa shape index (κ2) is 9.09. The van der Waals surface area contributed by atoms with Gasteiger partial charge in [-0.2, -0.15) is 10.2 Å². The lowest BCUT2D eigenvalue weighted by Gasteiger charge is -2.28. The third kappa shape index (κ3) is 4.99. The van der Waals surface area contributed by atoms with E-state index in [-0.39, 0.29) is 0 Å². The van der Waals surface area contributed by atoms with Crippen LogP contribution in [-0.2, 0) is 26.4 Å². The van der Waals surface area contributed by atoms with E-state index in [1.165, 1.54) is 44.2 Å². The lowest BCUT2D eigenvalue weighted by molar-refractivity contribution is 0.286. The van der Waals surface area contributed by atoms with Crippen molar-refractivity contribution in [3.05, 3.63) is 46.9 Å². The molecule has 5 rings (SSSR count). The van der Waals surface area contributed by atoms with Gasteiger partial charge in [0.15, 0.2) is 0 Å². The molecule has 0 spiro atoms. The molecule has 0 bridgehead atoms. The third-order valence-corrected chi connectivity index (χ3v) is 7.02. The number of aromatic amines is 1. The first kappa shape index (κ1) is 20.6. The van der Waals surface area contributed by atoms with Crippen molar-refractivity contribution < 1.29 is 0 Å². The van der Waals surface area contributed by atoms with Crippen LogP contribution >= 0.6 is 11.6 Å². The first-order valence-electron chi connectivity index (χ1n) is 11.4. The smallest absolute Gasteiger partial charge is 0.129 e. The van der Waals surface area contributed by atoms with Crippen LogP contribution in [0.1, 0.15) is 55.7 Å². The summed E-state index contributed by atoms with van der Waals surface area (Å²) in [6.07, 6.45) is 14.8. The third-order valence-electron chi connectivity index (χ3n) is 6.75. The molecule has 3 heterocycles. The molecule has 31 heavy (non-hydrogen) atoms. The van der Waals surface area contributed by atoms with Gasteiger partial charge in [0.1, 0.15) is 5.82 Å². The number of nitrogens with zero attached hydrogens (tertiary/aromatic N) is 5. The summed E-state index contributed by atoms with van der Waals surface area (Å²) < 4.78 is 1.98. The fourth-order valence-electron chi connectivity index (χ4n) is 4.66. The van der Waals surface area contributed by atoms with Gasteiger partial charge in [0.2, 0.25) is 0 Å². The topological polar surface area (TPSA) is 84.3 Å². The second-order valence-electron chi connectivity index (χ2n) is 9.14. The first-order valence-corrected chi connectivity index (χ1v) is 11.8. The van der Waals surface area contributed by atoms with E-state index in [1.807, 2.05) is 24.0 Å². The quantitative estimate of drug-likeness (QED) is 0.552. The number of H-pyrrole nitrogens is 1. The highest BCUT2D eigenvalue weighted by Crippen LogP contribution is 2.37. The van der Waals surface area contributed by atoms with Gasteiger partial charge in [-0.1, -0.05) is 11.6 Å². The van der Waals surface area contributed by atoms with Crippen LogP contribution < -0.4 is 5.32 Å². The van der Waals surface area contributed by atoms with E-state index in [9.17, 15) is 0 Å². The summed E-state index contributed by atoms with van der Waals surface area (Å²) in [4.78, 5) is 9.46. The van der Waals surface area contributed by atoms with Gasteiger partial charge in [-0.25, -0.2) is 9.97 Å². The molecule has 2 aliphatic rings. The van der Waals surface area contributed by atoms with Gasteiger partial charge in [-0.05, 0) is 62.8 Å². The van der Waals surface area contributed by atoms with Crippen molar-refractivity contribution in [1.29, 1.82) is 0 Å². The molecule has 0 atom stereocenters. The van der Waals surface area contributed by atoms with E-state index in [2.05, 4.69) is 25.6 Å². The van der Waals surface area contributed by atoms with Gasteiger partial charge in [0.05, 0.1) is 16.9 Å². The summed E-state index contributed by atoms with van der Waals surface area (Å²) in [5.41, 5.74) is 4.28. The van der Waals surface area contributed by atoms with Crippen molar-refractivity contribution in [2.24, 2.45) is 18.9 Å². The fourth-order valence-corrected chi connectivity index (χ4v) is 4.85. The van der Waals surface area contributed by atoms with Crippen LogP contribution in [0.3, 0.4) is 0 Å². The minimum Gasteiger partial charge on any atom is -0.308 e. The summed E-state index contributed by atoms with van der Waals surface area (Å²) in [6, 6.07) is 2.59. The SMILES string of the molecule is Cn1ncc(-c2nc(CC3CCC(NCc4ccn[nH]4)CC3)ncc2Cl)c1CC1CC1. The van der Waals surface area contributed by atoms with E-state index in [0.717, 1.165) is 48.1 Å². The Balaban J connectivity index is 1.21. The van der Waals surface area contributed by atoms with Crippen LogP contribution in [0.5, 0.6) is 0 Å². The zero-order valence-electron chi connectivity index (χ0n) is 18.0. The van der Waals surface area contributed by atoms with E-state index in [1.54, 1.807) is 12.4 Å². The number of aromatic nitrogens is 6. The van der Waals surface area contributed by atoms with Crippen LogP contribution in [0.15, 0.2) is 24.7 Å². The zero-order chi connectivity index (χ0) is 21.2. The molecule has 0 amide bonds. The predicted molar refractivity (Wildman–Crippen MR) is 121 cm³/mol. The van der Waals surface area contributed by atoms with Crippen LogP contribution in [0.25, 0.3) is 11.3 Å². The minimum atomic E-state index is 0.571. The highest BCUT2D eigenvalue weighted by molar-refractivity contribution is 6.32. The first-order chi connectivity index (χ1) is 15.2. The van der Waals surface area contributed by atoms with E-state index in [4.69, 9.17) is 16.6 Å². The lowest BCUT2D eigenvalue weighted by atomic mass is 9.84. The molecule has 0 radical (unpaired) electrons. The second-order valence-corrected chi connectivity index (χ2v) is 9.55. The number of hydrogen-bond donors (Lipinski definition) is 2. The summed E-state index contributed by atoms with van der Waals surface area (Å²) in [6.45, 7) is 0.854. The lowest BCUT2D eigenvalue weighted by Crippen LogP contribution is -2.33. The maximum atomic E-state index is 6.53. The molecule has 0 aliphatic heterocycles. The van der Waals surface area contributed by atoms with Gasteiger partial charge in [-0.3, -0.25) is 9.78 Å². The Kier molecular flexibility index (Phi) is 6.05. The molecule has 0 aromatic carbocycles. The summed E-state index contributed by atoms with van der Waals surface area (Å²) in [7, 11) is 2.01. The van der Waals surface area contributed by atoms with Gasteiger partial charge in [0, 0.05) is 55.4 Å². The molecule has 2 fully saturated rings. The molecule has 3 aromatic rings. The molecule has 3 aromatic heterocycles. The Bertz CT molecular complexity index is 1000. The van der Waals surface area contributed by atoms with Gasteiger partial charge < -0.3 is 5.32 Å². The largest absolute Gasteiger partial charge is 0.308 e. The van der Waals surface area contributed by atoms with E-state index < -0.39 is 0 Å². The molecule has 2 saturated carbocycles. The Morgan fingerprint density at radius 2 is 1.87 bits per heavy atom. The van der Waals surface area contributed by atoms with Crippen LogP contribution in [0.4, 0.5) is 0 Å². The zero-order valence-corrected chi connectivity index (χ0v) is 18.8. The average molecular weight is 440 g/mol. The summed E-state index contributed by atoms with van der Waals surface area (Å²) >= 11 is 6.53. The molecule has 0 saturated heterocycles. The van der Waals surface area contributed by atoms with Crippen molar-refractivity contribution in [3.8, 4) is 11.3 Å². The molecule has 2 N–H and O–H groups in total. The number of aryl methyl sites for hydroxylation is 1. The van der Waals surface area contributed by atoms with Crippen LogP contribution in [0.2, 0.25) is 5.02 Å². The highest BCUT2D eigenvalue weighted by Gasteiger charge is 2.27. The number of nitrogens with one attached hydrogen (secondary N) is 2. The maximum Gasteiger partial charge on any atom is 0.129 e. The van der Waals surface area contributed by atoms with Crippen LogP contribution in [-0.4, -0.2) is 36.0 Å². The maximum absolute atomic E-state index is 6.53. The number of hydrogen-bond acceptors (Lipinski definition) is 5.